The Morgan fingerprint density at radius 1 is 0.378 bits per heavy atom. The molecule has 0 spiro atoms. The largest absolute Gasteiger partial charge is 0.726 e. The Morgan fingerprint density at radius 3 is 0.811 bits per heavy atom. The van der Waals surface area contributed by atoms with Crippen LogP contribution in [0.2, 0.25) is 0 Å². The molecular weight excluding hydrogens is 929 g/mol. The lowest BCUT2D eigenvalue weighted by molar-refractivity contribution is -0.671. The number of benzene rings is 2. The molecule has 0 bridgehead atoms. The van der Waals surface area contributed by atoms with Crippen molar-refractivity contribution in [3.05, 3.63) is 95.3 Å². The van der Waals surface area contributed by atoms with Crippen molar-refractivity contribution in [3.63, 3.8) is 0 Å². The minimum Gasteiger partial charge on any atom is -0.726 e. The van der Waals surface area contributed by atoms with Crippen molar-refractivity contribution in [1.82, 2.24) is 0 Å². The smallest absolute Gasteiger partial charge is 0.217 e. The van der Waals surface area contributed by atoms with Crippen LogP contribution in [0.25, 0.3) is 24.3 Å². The summed E-state index contributed by atoms with van der Waals surface area (Å²) in [5.41, 5.74) is 6.35. The van der Waals surface area contributed by atoms with Crippen molar-refractivity contribution in [2.24, 2.45) is 7.05 Å². The summed E-state index contributed by atoms with van der Waals surface area (Å²) in [6.07, 6.45) is 70.6. The van der Waals surface area contributed by atoms with E-state index in [1.165, 1.54) is 298 Å². The molecule has 0 saturated carbocycles. The quantitative estimate of drug-likeness (QED) is 0.0185. The number of anilines is 1. The standard InChI is InChI=1S/C66H109N2.CH4O4S/c1-4-6-8-10-12-14-16-18-20-22-24-26-28-30-32-34-36-38-40-42-58-68(59-43-41-39-37-35-33-31-29-27-25-23-21-19-17-15-13-11-9-7-5-2)66-54-52-64(53-55-66)49-48-62-44-46-63(47-45-62)50-51-65-56-60-67(3)61-57-65;1-5-6(2,3)4/h44-57,60-61H,4-43,58-59H2,1-3H3;1H3,(H,2,3,4)/q+1;/p-1. The van der Waals surface area contributed by atoms with E-state index in [1.54, 1.807) is 0 Å². The van der Waals surface area contributed by atoms with Crippen molar-refractivity contribution >= 4 is 40.4 Å². The molecule has 74 heavy (non-hydrogen) atoms. The van der Waals surface area contributed by atoms with Gasteiger partial charge in [-0.1, -0.05) is 319 Å². The first-order valence-electron chi connectivity index (χ1n) is 31.0. The second-order valence-corrected chi connectivity index (χ2v) is 22.9. The molecule has 0 aliphatic heterocycles. The zero-order valence-electron chi connectivity index (χ0n) is 48.4. The number of rotatable bonds is 48. The maximum atomic E-state index is 9.22. The Morgan fingerprint density at radius 2 is 0.581 bits per heavy atom. The second kappa shape index (κ2) is 48.1. The topological polar surface area (TPSA) is 73.5 Å². The summed E-state index contributed by atoms with van der Waals surface area (Å²) in [6, 6.07) is 22.6. The van der Waals surface area contributed by atoms with Crippen LogP contribution in [0.15, 0.2) is 73.1 Å². The molecule has 3 rings (SSSR count). The molecule has 2 aromatic carbocycles. The summed E-state index contributed by atoms with van der Waals surface area (Å²) >= 11 is 0. The lowest BCUT2D eigenvalue weighted by Gasteiger charge is -2.25. The molecule has 7 heteroatoms. The van der Waals surface area contributed by atoms with E-state index < -0.39 is 10.4 Å². The predicted octanol–water partition coefficient (Wildman–Crippen LogP) is 20.4. The van der Waals surface area contributed by atoms with E-state index in [0.29, 0.717) is 0 Å². The third-order valence-electron chi connectivity index (χ3n) is 14.9. The fraction of sp³-hybridized carbons (Fsp3) is 0.687. The lowest BCUT2D eigenvalue weighted by atomic mass is 10.0. The molecule has 0 aliphatic carbocycles. The first-order chi connectivity index (χ1) is 36.2. The van der Waals surface area contributed by atoms with Crippen molar-refractivity contribution in [1.29, 1.82) is 0 Å². The first-order valence-corrected chi connectivity index (χ1v) is 32.4. The SMILES string of the molecule is CCCCCCCCCCCCCCCCCCCCCCN(CCCCCCCCCCCCCCCCCCCCCC)c1ccc(/C=C/c2ccc(/C=C/c3cc[n+](C)cc3)cc2)cc1.COS(=O)(=O)[O-]. The van der Waals surface area contributed by atoms with Gasteiger partial charge >= 0.3 is 0 Å². The number of aromatic nitrogens is 1. The van der Waals surface area contributed by atoms with Crippen LogP contribution >= 0.6 is 0 Å². The number of nitrogens with zero attached hydrogens (tertiary/aromatic N) is 2. The zero-order valence-corrected chi connectivity index (χ0v) is 49.2. The highest BCUT2D eigenvalue weighted by molar-refractivity contribution is 7.80. The van der Waals surface area contributed by atoms with Gasteiger partial charge in [0.1, 0.15) is 7.05 Å². The monoisotopic (exact) mass is 1040 g/mol. The van der Waals surface area contributed by atoms with Crippen LogP contribution in [0.5, 0.6) is 0 Å². The minimum atomic E-state index is -4.41. The van der Waals surface area contributed by atoms with Gasteiger partial charge in [0.25, 0.3) is 0 Å². The summed E-state index contributed by atoms with van der Waals surface area (Å²) in [6.45, 7) is 7.01. The molecule has 0 aliphatic rings. The van der Waals surface area contributed by atoms with E-state index in [0.717, 1.165) is 7.11 Å². The van der Waals surface area contributed by atoms with Gasteiger partial charge in [-0.25, -0.2) is 13.0 Å². The van der Waals surface area contributed by atoms with Gasteiger partial charge in [-0.05, 0) is 47.2 Å². The highest BCUT2D eigenvalue weighted by Crippen LogP contribution is 2.22. The van der Waals surface area contributed by atoms with Crippen LogP contribution in [-0.2, 0) is 21.6 Å². The molecule has 0 unspecified atom stereocenters. The second-order valence-electron chi connectivity index (χ2n) is 21.7. The van der Waals surface area contributed by atoms with Gasteiger partial charge in [0.2, 0.25) is 10.4 Å². The molecule has 6 nitrogen and oxygen atoms in total. The molecule has 0 atom stereocenters. The van der Waals surface area contributed by atoms with Gasteiger partial charge in [-0.3, -0.25) is 4.18 Å². The van der Waals surface area contributed by atoms with Gasteiger partial charge in [-0.15, -0.1) is 0 Å². The highest BCUT2D eigenvalue weighted by Gasteiger charge is 2.07. The number of unbranched alkanes of at least 4 members (excludes halogenated alkanes) is 38. The molecule has 3 aromatic rings. The van der Waals surface area contributed by atoms with Crippen LogP contribution in [0.1, 0.15) is 293 Å². The molecule has 0 radical (unpaired) electrons. The maximum Gasteiger partial charge on any atom is 0.217 e. The van der Waals surface area contributed by atoms with E-state index >= 15 is 0 Å². The van der Waals surface area contributed by atoms with E-state index in [-0.39, 0.29) is 0 Å². The summed E-state index contributed by atoms with van der Waals surface area (Å²) in [5, 5.41) is 0. The summed E-state index contributed by atoms with van der Waals surface area (Å²) < 4.78 is 33.1. The van der Waals surface area contributed by atoms with Crippen LogP contribution < -0.4 is 9.47 Å². The third kappa shape index (κ3) is 41.0. The average molecular weight is 1040 g/mol. The molecule has 0 N–H and O–H groups in total. The van der Waals surface area contributed by atoms with Crippen LogP contribution in [0.3, 0.4) is 0 Å². The molecule has 1 heterocycles. The van der Waals surface area contributed by atoms with Crippen molar-refractivity contribution in [2.75, 3.05) is 25.1 Å². The zero-order chi connectivity index (χ0) is 53.3. The number of aryl methyl sites for hydroxylation is 1. The fourth-order valence-electron chi connectivity index (χ4n) is 10.0. The summed E-state index contributed by atoms with van der Waals surface area (Å²) in [7, 11) is -1.55. The van der Waals surface area contributed by atoms with E-state index in [9.17, 15) is 13.0 Å². The Bertz CT molecular complexity index is 1800. The normalized spacial score (nSPS) is 11.7. The lowest BCUT2D eigenvalue weighted by Crippen LogP contribution is -2.25. The Labute approximate surface area is 458 Å². The van der Waals surface area contributed by atoms with Crippen LogP contribution in [0, 0.1) is 0 Å². The van der Waals surface area contributed by atoms with Crippen LogP contribution in [-0.4, -0.2) is 33.2 Å². The number of hydrogen-bond donors (Lipinski definition) is 0. The Kier molecular flexibility index (Phi) is 43.5. The third-order valence-corrected chi connectivity index (χ3v) is 15.3. The molecule has 0 fully saturated rings. The Balaban J connectivity index is 0.00000294. The van der Waals surface area contributed by atoms with Crippen molar-refractivity contribution < 1.29 is 21.7 Å². The molecule has 1 aromatic heterocycles. The summed E-state index contributed by atoms with van der Waals surface area (Å²) in [5.74, 6) is 0. The van der Waals surface area contributed by atoms with Crippen molar-refractivity contribution in [3.8, 4) is 0 Å². The average Bonchev–Trinajstić information content (AvgIpc) is 3.41. The van der Waals surface area contributed by atoms with E-state index in [2.05, 4.69) is 132 Å². The first kappa shape index (κ1) is 66.9. The Hall–Kier alpha value is -3.26. The summed E-state index contributed by atoms with van der Waals surface area (Å²) in [4.78, 5) is 2.71. The maximum absolute atomic E-state index is 9.22. The molecular formula is C67H112N2O4S. The van der Waals surface area contributed by atoms with E-state index in [1.807, 2.05) is 0 Å². The van der Waals surface area contributed by atoms with Crippen molar-refractivity contribution in [2.45, 2.75) is 271 Å². The van der Waals surface area contributed by atoms with Gasteiger partial charge in [0, 0.05) is 30.9 Å². The van der Waals surface area contributed by atoms with E-state index in [4.69, 9.17) is 0 Å². The molecule has 0 amide bonds. The van der Waals surface area contributed by atoms with Gasteiger partial charge in [0.05, 0.1) is 7.11 Å². The number of hydrogen-bond acceptors (Lipinski definition) is 5. The molecule has 0 saturated heterocycles. The molecule has 420 valence electrons. The predicted molar refractivity (Wildman–Crippen MR) is 323 cm³/mol. The van der Waals surface area contributed by atoms with Gasteiger partial charge < -0.3 is 9.45 Å². The fourth-order valence-corrected chi connectivity index (χ4v) is 10.0. The van der Waals surface area contributed by atoms with Crippen LogP contribution in [0.4, 0.5) is 5.69 Å². The minimum absolute atomic E-state index is 0.808. The van der Waals surface area contributed by atoms with Gasteiger partial charge in [0.15, 0.2) is 12.4 Å². The highest BCUT2D eigenvalue weighted by atomic mass is 32.3. The number of pyridine rings is 1. The van der Waals surface area contributed by atoms with Gasteiger partial charge in [-0.2, -0.15) is 0 Å².